The van der Waals surface area contributed by atoms with E-state index in [1.165, 1.54) is 18.2 Å². The van der Waals surface area contributed by atoms with Crippen LogP contribution < -0.4 is 10.6 Å². The summed E-state index contributed by atoms with van der Waals surface area (Å²) in [6.45, 7) is 2.35. The molecule has 1 fully saturated rings. The van der Waals surface area contributed by atoms with Crippen LogP contribution in [0.1, 0.15) is 71.6 Å². The first kappa shape index (κ1) is 20.9. The van der Waals surface area contributed by atoms with Gasteiger partial charge in [0.25, 0.3) is 11.8 Å². The lowest BCUT2D eigenvalue weighted by Gasteiger charge is -2.30. The van der Waals surface area contributed by atoms with Gasteiger partial charge in [-0.3, -0.25) is 9.59 Å². The summed E-state index contributed by atoms with van der Waals surface area (Å²) in [6.07, 6.45) is 8.18. The minimum absolute atomic E-state index is 0.207. The van der Waals surface area contributed by atoms with Crippen molar-refractivity contribution in [3.63, 3.8) is 0 Å². The van der Waals surface area contributed by atoms with E-state index in [2.05, 4.69) is 20.6 Å². The summed E-state index contributed by atoms with van der Waals surface area (Å²) in [5.74, 6) is -0.715. The summed E-state index contributed by atoms with van der Waals surface area (Å²) < 4.78 is 13.2. The summed E-state index contributed by atoms with van der Waals surface area (Å²) in [7, 11) is 0. The van der Waals surface area contributed by atoms with E-state index in [1.54, 1.807) is 18.3 Å². The first-order valence-electron chi connectivity index (χ1n) is 10.1. The van der Waals surface area contributed by atoms with Crippen molar-refractivity contribution in [3.8, 4) is 0 Å². The zero-order valence-electron chi connectivity index (χ0n) is 16.7. The molecule has 2 aromatic rings. The van der Waals surface area contributed by atoms with Crippen LogP contribution >= 0.6 is 0 Å². The maximum absolute atomic E-state index is 13.2. The van der Waals surface area contributed by atoms with Crippen LogP contribution in [0.4, 0.5) is 4.39 Å². The maximum atomic E-state index is 13.2. The van der Waals surface area contributed by atoms with Crippen molar-refractivity contribution in [2.24, 2.45) is 0 Å². The van der Waals surface area contributed by atoms with E-state index in [0.717, 1.165) is 50.6 Å². The molecule has 0 unspecified atom stereocenters. The van der Waals surface area contributed by atoms with Gasteiger partial charge in [0.15, 0.2) is 0 Å². The molecule has 0 aliphatic heterocycles. The van der Waals surface area contributed by atoms with Crippen LogP contribution in [0.15, 0.2) is 36.5 Å². The summed E-state index contributed by atoms with van der Waals surface area (Å²) in [4.78, 5) is 32.9. The van der Waals surface area contributed by atoms with Crippen LogP contribution in [0.5, 0.6) is 0 Å². The second-order valence-corrected chi connectivity index (χ2v) is 7.69. The van der Waals surface area contributed by atoms with Gasteiger partial charge in [0.2, 0.25) is 5.82 Å². The Hall–Kier alpha value is -2.83. The Morgan fingerprint density at radius 3 is 2.66 bits per heavy atom. The van der Waals surface area contributed by atoms with Crippen LogP contribution in [-0.4, -0.2) is 33.9 Å². The molecule has 1 heterocycles. The number of hydrogen-bond acceptors (Lipinski definition) is 4. The highest BCUT2D eigenvalue weighted by Gasteiger charge is 2.35. The zero-order valence-corrected chi connectivity index (χ0v) is 16.7. The lowest BCUT2D eigenvalue weighted by atomic mass is 9.90. The number of carbonyl (C=O) groups excluding carboxylic acids is 2. The molecule has 1 saturated carbocycles. The van der Waals surface area contributed by atoms with E-state index < -0.39 is 5.82 Å². The first-order valence-corrected chi connectivity index (χ1v) is 10.1. The van der Waals surface area contributed by atoms with Gasteiger partial charge in [-0.15, -0.1) is 0 Å². The quantitative estimate of drug-likeness (QED) is 0.666. The highest BCUT2D eigenvalue weighted by Crippen LogP contribution is 2.34. The zero-order chi connectivity index (χ0) is 20.7. The Morgan fingerprint density at radius 1 is 1.14 bits per heavy atom. The Kier molecular flexibility index (Phi) is 6.90. The molecule has 1 aliphatic carbocycles. The molecule has 7 heteroatoms. The fourth-order valence-electron chi connectivity index (χ4n) is 3.87. The number of halogens is 1. The van der Waals surface area contributed by atoms with Gasteiger partial charge in [0.05, 0.1) is 0 Å². The second kappa shape index (κ2) is 9.58. The number of amides is 2. The smallest absolute Gasteiger partial charge is 0.289 e. The average Bonchev–Trinajstić information content (AvgIpc) is 3.16. The number of unbranched alkanes of at least 4 members (excludes halogenated alkanes) is 1. The Balaban J connectivity index is 1.47. The van der Waals surface area contributed by atoms with Gasteiger partial charge in [-0.2, -0.15) is 0 Å². The molecule has 154 valence electrons. The highest BCUT2D eigenvalue weighted by molar-refractivity contribution is 5.94. The number of hydrogen-bond donors (Lipinski definition) is 2. The molecular weight excluding hydrogens is 371 g/mol. The third-order valence-electron chi connectivity index (χ3n) is 5.39. The van der Waals surface area contributed by atoms with Gasteiger partial charge in [-0.05, 0) is 63.3 Å². The molecule has 3 rings (SSSR count). The summed E-state index contributed by atoms with van der Waals surface area (Å²) in [5, 5.41) is 6.00. The van der Waals surface area contributed by atoms with Crippen LogP contribution in [-0.2, 0) is 0 Å². The summed E-state index contributed by atoms with van der Waals surface area (Å²) >= 11 is 0. The van der Waals surface area contributed by atoms with E-state index in [9.17, 15) is 14.0 Å². The molecule has 29 heavy (non-hydrogen) atoms. The predicted molar refractivity (Wildman–Crippen MR) is 108 cm³/mol. The van der Waals surface area contributed by atoms with E-state index in [0.29, 0.717) is 12.1 Å². The first-order chi connectivity index (χ1) is 14.0. The van der Waals surface area contributed by atoms with E-state index in [1.807, 2.05) is 6.92 Å². The molecule has 1 aliphatic rings. The molecular formula is C22H27FN4O2. The fraction of sp³-hybridized carbons (Fsp3) is 0.455. The standard InChI is InChI=1S/C22H27FN4O2/c1-16-9-14-24-19(26-16)21(29)27-22(10-2-3-11-22)12-4-5-13-25-20(28)17-7-6-8-18(23)15-17/h6-9,14-15H,2-5,10-13H2,1H3,(H,25,28)(H,27,29). The number of rotatable bonds is 8. The van der Waals surface area contributed by atoms with Crippen LogP contribution in [0.2, 0.25) is 0 Å². The van der Waals surface area contributed by atoms with Crippen molar-refractivity contribution >= 4 is 11.8 Å². The lowest BCUT2D eigenvalue weighted by molar-refractivity contribution is 0.0881. The third kappa shape index (κ3) is 5.82. The van der Waals surface area contributed by atoms with E-state index in [-0.39, 0.29) is 23.2 Å². The Morgan fingerprint density at radius 2 is 1.93 bits per heavy atom. The van der Waals surface area contributed by atoms with Crippen LogP contribution in [0.25, 0.3) is 0 Å². The minimum atomic E-state index is -0.422. The number of carbonyl (C=O) groups is 2. The van der Waals surface area contributed by atoms with Crippen molar-refractivity contribution in [2.75, 3.05) is 6.54 Å². The second-order valence-electron chi connectivity index (χ2n) is 7.69. The number of aromatic nitrogens is 2. The largest absolute Gasteiger partial charge is 0.352 e. The molecule has 0 spiro atoms. The number of nitrogens with one attached hydrogen (secondary N) is 2. The Bertz CT molecular complexity index is 865. The van der Waals surface area contributed by atoms with Crippen LogP contribution in [0.3, 0.4) is 0 Å². The van der Waals surface area contributed by atoms with E-state index >= 15 is 0 Å². The van der Waals surface area contributed by atoms with Gasteiger partial charge >= 0.3 is 0 Å². The van der Waals surface area contributed by atoms with Gasteiger partial charge in [-0.1, -0.05) is 18.9 Å². The molecule has 6 nitrogen and oxygen atoms in total. The molecule has 0 saturated heterocycles. The van der Waals surface area contributed by atoms with Crippen molar-refractivity contribution < 1.29 is 14.0 Å². The summed E-state index contributed by atoms with van der Waals surface area (Å²) in [6, 6.07) is 7.42. The fourth-order valence-corrected chi connectivity index (χ4v) is 3.87. The average molecular weight is 398 g/mol. The molecule has 2 N–H and O–H groups in total. The third-order valence-corrected chi connectivity index (χ3v) is 5.39. The molecule has 1 aromatic heterocycles. The Labute approximate surface area is 170 Å². The van der Waals surface area contributed by atoms with Crippen molar-refractivity contribution in [2.45, 2.75) is 57.4 Å². The number of aryl methyl sites for hydroxylation is 1. The molecule has 0 radical (unpaired) electrons. The number of benzene rings is 1. The molecule has 0 atom stereocenters. The van der Waals surface area contributed by atoms with Crippen LogP contribution in [0, 0.1) is 12.7 Å². The highest BCUT2D eigenvalue weighted by atomic mass is 19.1. The SMILES string of the molecule is Cc1ccnc(C(=O)NC2(CCCCNC(=O)c3cccc(F)c3)CCCC2)n1. The topological polar surface area (TPSA) is 84.0 Å². The molecule has 1 aromatic carbocycles. The van der Waals surface area contributed by atoms with Crippen molar-refractivity contribution in [1.82, 2.24) is 20.6 Å². The molecule has 2 amide bonds. The summed E-state index contributed by atoms with van der Waals surface area (Å²) in [5.41, 5.74) is 0.860. The number of nitrogens with zero attached hydrogens (tertiary/aromatic N) is 2. The lowest BCUT2D eigenvalue weighted by Crippen LogP contribution is -2.47. The van der Waals surface area contributed by atoms with Gasteiger partial charge < -0.3 is 10.6 Å². The van der Waals surface area contributed by atoms with Gasteiger partial charge in [0, 0.05) is 29.5 Å². The minimum Gasteiger partial charge on any atom is -0.352 e. The van der Waals surface area contributed by atoms with Gasteiger partial charge in [-0.25, -0.2) is 14.4 Å². The van der Waals surface area contributed by atoms with Crippen molar-refractivity contribution in [3.05, 3.63) is 59.4 Å². The van der Waals surface area contributed by atoms with E-state index in [4.69, 9.17) is 0 Å². The van der Waals surface area contributed by atoms with Gasteiger partial charge in [0.1, 0.15) is 5.82 Å². The normalized spacial score (nSPS) is 15.1. The van der Waals surface area contributed by atoms with Crippen molar-refractivity contribution in [1.29, 1.82) is 0 Å². The maximum Gasteiger partial charge on any atom is 0.289 e. The molecule has 0 bridgehead atoms. The monoisotopic (exact) mass is 398 g/mol. The predicted octanol–water partition coefficient (Wildman–Crippen LogP) is 3.57.